The first kappa shape index (κ1) is 11.2. The lowest BCUT2D eigenvalue weighted by Crippen LogP contribution is -2.09. The third kappa shape index (κ3) is 1.66. The first-order chi connectivity index (χ1) is 8.66. The summed E-state index contributed by atoms with van der Waals surface area (Å²) in [5, 5.41) is 0.662. The second-order valence-electron chi connectivity index (χ2n) is 4.16. The molecule has 0 aliphatic heterocycles. The zero-order valence-corrected chi connectivity index (χ0v) is 10.6. The molecule has 92 valence electrons. The van der Waals surface area contributed by atoms with Crippen molar-refractivity contribution >= 4 is 28.6 Å². The molecule has 18 heavy (non-hydrogen) atoms. The number of hydrogen-bond donors (Lipinski definition) is 1. The first-order valence-electron chi connectivity index (χ1n) is 5.63. The molecule has 0 fully saturated rings. The summed E-state index contributed by atoms with van der Waals surface area (Å²) in [5.74, 6) is 1.29. The summed E-state index contributed by atoms with van der Waals surface area (Å²) < 4.78 is 7.33. The summed E-state index contributed by atoms with van der Waals surface area (Å²) in [4.78, 5) is 4.33. The Morgan fingerprint density at radius 3 is 2.94 bits per heavy atom. The standard InChI is InChI=1S/C13H12ClN3O/c1-8(12-3-2-6-18-12)17-11-7-9(14)4-5-10(11)16-13(17)15/h2-8H,1H3,(H2,15,16). The maximum absolute atomic E-state index is 6.02. The molecule has 2 N–H and O–H groups in total. The van der Waals surface area contributed by atoms with Crippen LogP contribution >= 0.6 is 11.6 Å². The highest BCUT2D eigenvalue weighted by atomic mass is 35.5. The van der Waals surface area contributed by atoms with Crippen molar-refractivity contribution in [3.8, 4) is 0 Å². The van der Waals surface area contributed by atoms with Gasteiger partial charge in [-0.15, -0.1) is 0 Å². The highest BCUT2D eigenvalue weighted by Crippen LogP contribution is 2.28. The molecule has 0 aliphatic rings. The molecule has 0 spiro atoms. The largest absolute Gasteiger partial charge is 0.467 e. The normalized spacial score (nSPS) is 13.0. The minimum atomic E-state index is -0.0246. The molecule has 0 saturated heterocycles. The van der Waals surface area contributed by atoms with Crippen LogP contribution in [0.4, 0.5) is 5.95 Å². The third-order valence-electron chi connectivity index (χ3n) is 3.02. The van der Waals surface area contributed by atoms with E-state index in [9.17, 15) is 0 Å². The number of fused-ring (bicyclic) bond motifs is 1. The van der Waals surface area contributed by atoms with E-state index < -0.39 is 0 Å². The number of imidazole rings is 1. The molecule has 0 bridgehead atoms. The van der Waals surface area contributed by atoms with Crippen molar-refractivity contribution in [2.45, 2.75) is 13.0 Å². The van der Waals surface area contributed by atoms with Crippen LogP contribution in [0.1, 0.15) is 18.7 Å². The minimum absolute atomic E-state index is 0.0246. The van der Waals surface area contributed by atoms with Crippen molar-refractivity contribution < 1.29 is 4.42 Å². The fourth-order valence-corrected chi connectivity index (χ4v) is 2.31. The number of halogens is 1. The lowest BCUT2D eigenvalue weighted by Gasteiger charge is -2.13. The van der Waals surface area contributed by atoms with Crippen molar-refractivity contribution in [1.29, 1.82) is 0 Å². The van der Waals surface area contributed by atoms with Gasteiger partial charge in [-0.1, -0.05) is 11.6 Å². The van der Waals surface area contributed by atoms with Gasteiger partial charge in [0.05, 0.1) is 23.3 Å². The van der Waals surface area contributed by atoms with Gasteiger partial charge in [0.15, 0.2) is 0 Å². The van der Waals surface area contributed by atoms with Crippen LogP contribution in [0.2, 0.25) is 5.02 Å². The van der Waals surface area contributed by atoms with Crippen molar-refractivity contribution in [3.63, 3.8) is 0 Å². The van der Waals surface area contributed by atoms with Crippen LogP contribution in [0.15, 0.2) is 41.0 Å². The van der Waals surface area contributed by atoms with Gasteiger partial charge in [-0.3, -0.25) is 4.57 Å². The van der Waals surface area contributed by atoms with Crippen molar-refractivity contribution in [2.24, 2.45) is 0 Å². The van der Waals surface area contributed by atoms with Gasteiger partial charge in [0.25, 0.3) is 0 Å². The van der Waals surface area contributed by atoms with E-state index in [1.165, 1.54) is 0 Å². The number of hydrogen-bond acceptors (Lipinski definition) is 3. The van der Waals surface area contributed by atoms with E-state index in [1.54, 1.807) is 12.3 Å². The Labute approximate surface area is 109 Å². The van der Waals surface area contributed by atoms with Crippen molar-refractivity contribution in [3.05, 3.63) is 47.4 Å². The Bertz CT molecular complexity index is 688. The third-order valence-corrected chi connectivity index (χ3v) is 3.26. The maximum atomic E-state index is 6.02. The van der Waals surface area contributed by atoms with Gasteiger partial charge in [-0.25, -0.2) is 4.98 Å². The molecule has 0 radical (unpaired) electrons. The number of benzene rings is 1. The SMILES string of the molecule is CC(c1ccco1)n1c(N)nc2ccc(Cl)cc21. The monoisotopic (exact) mass is 261 g/mol. The number of rotatable bonds is 2. The van der Waals surface area contributed by atoms with Gasteiger partial charge in [-0.05, 0) is 37.3 Å². The second kappa shape index (κ2) is 4.07. The smallest absolute Gasteiger partial charge is 0.201 e. The fraction of sp³-hybridized carbons (Fsp3) is 0.154. The molecular weight excluding hydrogens is 250 g/mol. The number of nitrogen functional groups attached to an aromatic ring is 1. The molecule has 0 saturated carbocycles. The zero-order chi connectivity index (χ0) is 12.7. The number of nitrogens with zero attached hydrogens (tertiary/aromatic N) is 2. The minimum Gasteiger partial charge on any atom is -0.467 e. The average molecular weight is 262 g/mol. The van der Waals surface area contributed by atoms with E-state index in [0.29, 0.717) is 11.0 Å². The Balaban J connectivity index is 2.22. The van der Waals surface area contributed by atoms with E-state index in [-0.39, 0.29) is 6.04 Å². The second-order valence-corrected chi connectivity index (χ2v) is 4.60. The lowest BCUT2D eigenvalue weighted by atomic mass is 10.2. The average Bonchev–Trinajstić information content (AvgIpc) is 2.94. The summed E-state index contributed by atoms with van der Waals surface area (Å²) in [6.45, 7) is 2.01. The number of furan rings is 1. The predicted molar refractivity (Wildman–Crippen MR) is 71.7 cm³/mol. The van der Waals surface area contributed by atoms with Gasteiger partial charge in [0.1, 0.15) is 5.76 Å². The Morgan fingerprint density at radius 2 is 2.22 bits per heavy atom. The summed E-state index contributed by atoms with van der Waals surface area (Å²) in [6.07, 6.45) is 1.65. The summed E-state index contributed by atoms with van der Waals surface area (Å²) in [6, 6.07) is 9.27. The molecule has 3 aromatic rings. The van der Waals surface area contributed by atoms with Crippen LogP contribution in [-0.4, -0.2) is 9.55 Å². The molecule has 1 atom stereocenters. The number of nitrogens with two attached hydrogens (primary N) is 1. The molecule has 3 rings (SSSR count). The van der Waals surface area contributed by atoms with Crippen LogP contribution < -0.4 is 5.73 Å². The summed E-state index contributed by atoms with van der Waals surface area (Å²) in [7, 11) is 0. The van der Waals surface area contributed by atoms with E-state index in [2.05, 4.69) is 4.98 Å². The number of anilines is 1. The molecule has 0 aliphatic carbocycles. The van der Waals surface area contributed by atoms with Gasteiger partial charge in [0, 0.05) is 5.02 Å². The molecule has 1 aromatic carbocycles. The molecule has 2 aromatic heterocycles. The van der Waals surface area contributed by atoms with Gasteiger partial charge >= 0.3 is 0 Å². The van der Waals surface area contributed by atoms with Gasteiger partial charge in [-0.2, -0.15) is 0 Å². The fourth-order valence-electron chi connectivity index (χ4n) is 2.15. The van der Waals surface area contributed by atoms with Crippen LogP contribution in [0, 0.1) is 0 Å². The van der Waals surface area contributed by atoms with E-state index in [0.717, 1.165) is 16.8 Å². The summed E-state index contributed by atoms with van der Waals surface area (Å²) in [5.41, 5.74) is 7.71. The molecule has 1 unspecified atom stereocenters. The molecular formula is C13H12ClN3O. The highest BCUT2D eigenvalue weighted by Gasteiger charge is 2.17. The molecule has 2 heterocycles. The van der Waals surface area contributed by atoms with Crippen LogP contribution in [0.3, 0.4) is 0 Å². The van der Waals surface area contributed by atoms with Crippen molar-refractivity contribution in [2.75, 3.05) is 5.73 Å². The molecule has 5 heteroatoms. The topological polar surface area (TPSA) is 57.0 Å². The van der Waals surface area contributed by atoms with Crippen LogP contribution in [-0.2, 0) is 0 Å². The molecule has 0 amide bonds. The lowest BCUT2D eigenvalue weighted by molar-refractivity contribution is 0.453. The van der Waals surface area contributed by atoms with Gasteiger partial charge in [0.2, 0.25) is 5.95 Å². The van der Waals surface area contributed by atoms with Crippen molar-refractivity contribution in [1.82, 2.24) is 9.55 Å². The predicted octanol–water partition coefficient (Wildman–Crippen LogP) is 3.47. The Kier molecular flexibility index (Phi) is 2.52. The number of aromatic nitrogens is 2. The highest BCUT2D eigenvalue weighted by molar-refractivity contribution is 6.31. The van der Waals surface area contributed by atoms with Crippen LogP contribution in [0.5, 0.6) is 0 Å². The Hall–Kier alpha value is -1.94. The maximum Gasteiger partial charge on any atom is 0.201 e. The van der Waals surface area contributed by atoms with E-state index in [4.69, 9.17) is 21.8 Å². The molecule has 4 nitrogen and oxygen atoms in total. The first-order valence-corrected chi connectivity index (χ1v) is 6.01. The van der Waals surface area contributed by atoms with E-state index in [1.807, 2.05) is 35.8 Å². The van der Waals surface area contributed by atoms with Gasteiger partial charge < -0.3 is 10.2 Å². The van der Waals surface area contributed by atoms with Crippen LogP contribution in [0.25, 0.3) is 11.0 Å². The zero-order valence-electron chi connectivity index (χ0n) is 9.80. The van der Waals surface area contributed by atoms with E-state index >= 15 is 0 Å². The quantitative estimate of drug-likeness (QED) is 0.768. The summed E-state index contributed by atoms with van der Waals surface area (Å²) >= 11 is 6.02. The Morgan fingerprint density at radius 1 is 1.39 bits per heavy atom.